The lowest BCUT2D eigenvalue weighted by atomic mass is 9.72. The standard InChI is InChI=1S/C35H38N4O6/c1-20-9-10-37-23(11-20)7-8-34(40)45-19-29-24-16-32(43-5)30(41-3)14-21(24)13-27-35-25-17-33(44-6)31(42-4)15-22(25)12-26(38(35)2)28(18-36)39(27)29/h7-11,14-17,26-29,35H,12-13,19H2,1-6H3/b8-7+/t26-,27-,28-,29-,35+/m0/s1. The fourth-order valence-corrected chi connectivity index (χ4v) is 7.36. The lowest BCUT2D eigenvalue weighted by Crippen LogP contribution is -2.68. The third-order valence-corrected chi connectivity index (χ3v) is 9.42. The van der Waals surface area contributed by atoms with Crippen LogP contribution in [0, 0.1) is 18.3 Å². The Morgan fingerprint density at radius 2 is 1.53 bits per heavy atom. The average Bonchev–Trinajstić information content (AvgIpc) is 3.05. The van der Waals surface area contributed by atoms with Crippen LogP contribution in [0.4, 0.5) is 0 Å². The first kappa shape index (κ1) is 30.4. The number of rotatable bonds is 8. The van der Waals surface area contributed by atoms with Crippen LogP contribution in [0.1, 0.15) is 45.6 Å². The molecule has 1 fully saturated rings. The number of aromatic nitrogens is 1. The summed E-state index contributed by atoms with van der Waals surface area (Å²) in [6, 6.07) is 13.4. The Balaban J connectivity index is 1.42. The molecule has 0 spiro atoms. The van der Waals surface area contributed by atoms with Crippen LogP contribution in [0.15, 0.2) is 48.7 Å². The number of aryl methyl sites for hydroxylation is 1. The molecule has 2 bridgehead atoms. The first-order valence-corrected chi connectivity index (χ1v) is 15.0. The minimum atomic E-state index is -0.479. The normalized spacial score (nSPS) is 23.7. The molecule has 4 heterocycles. The van der Waals surface area contributed by atoms with Crippen molar-refractivity contribution in [1.29, 1.82) is 5.26 Å². The van der Waals surface area contributed by atoms with Gasteiger partial charge < -0.3 is 23.7 Å². The van der Waals surface area contributed by atoms with Crippen LogP contribution in [0.25, 0.3) is 6.08 Å². The molecule has 0 aliphatic carbocycles. The lowest BCUT2D eigenvalue weighted by molar-refractivity contribution is -0.143. The summed E-state index contributed by atoms with van der Waals surface area (Å²) in [6.45, 7) is 2.03. The van der Waals surface area contributed by atoms with Crippen molar-refractivity contribution in [3.8, 4) is 29.1 Å². The number of hydrogen-bond donors (Lipinski definition) is 0. The second kappa shape index (κ2) is 12.4. The number of piperazine rings is 1. The first-order valence-electron chi connectivity index (χ1n) is 15.0. The van der Waals surface area contributed by atoms with E-state index in [4.69, 9.17) is 23.7 Å². The molecule has 5 atom stereocenters. The van der Waals surface area contributed by atoms with Crippen LogP contribution in [0.2, 0.25) is 0 Å². The van der Waals surface area contributed by atoms with Crippen molar-refractivity contribution >= 4 is 12.0 Å². The van der Waals surface area contributed by atoms with Crippen molar-refractivity contribution in [3.63, 3.8) is 0 Å². The molecule has 2 aromatic carbocycles. The molecular formula is C35H38N4O6. The van der Waals surface area contributed by atoms with Gasteiger partial charge in [-0.2, -0.15) is 5.26 Å². The Bertz CT molecular complexity index is 1680. The predicted molar refractivity (Wildman–Crippen MR) is 168 cm³/mol. The van der Waals surface area contributed by atoms with Gasteiger partial charge in [-0.25, -0.2) is 4.79 Å². The smallest absolute Gasteiger partial charge is 0.330 e. The summed E-state index contributed by atoms with van der Waals surface area (Å²) in [6.07, 6.45) is 6.08. The van der Waals surface area contributed by atoms with Gasteiger partial charge in [0.25, 0.3) is 0 Å². The summed E-state index contributed by atoms with van der Waals surface area (Å²) in [5, 5.41) is 10.7. The molecule has 1 aromatic heterocycles. The van der Waals surface area contributed by atoms with Crippen molar-refractivity contribution in [3.05, 3.63) is 82.2 Å². The summed E-state index contributed by atoms with van der Waals surface area (Å²) in [7, 11) is 8.60. The minimum absolute atomic E-state index is 0.0464. The molecule has 0 amide bonds. The monoisotopic (exact) mass is 610 g/mol. The topological polar surface area (TPSA) is 106 Å². The van der Waals surface area contributed by atoms with E-state index in [1.807, 2.05) is 37.3 Å². The minimum Gasteiger partial charge on any atom is -0.493 e. The van der Waals surface area contributed by atoms with Crippen molar-refractivity contribution in [2.24, 2.45) is 0 Å². The van der Waals surface area contributed by atoms with E-state index in [2.05, 4.69) is 34.0 Å². The van der Waals surface area contributed by atoms with E-state index in [0.717, 1.165) is 27.8 Å². The quantitative estimate of drug-likeness (QED) is 0.268. The molecule has 234 valence electrons. The van der Waals surface area contributed by atoms with Crippen molar-refractivity contribution in [2.45, 2.75) is 50.0 Å². The molecule has 3 aliphatic heterocycles. The van der Waals surface area contributed by atoms with E-state index in [1.54, 1.807) is 40.7 Å². The number of ether oxygens (including phenoxy) is 5. The summed E-state index contributed by atoms with van der Waals surface area (Å²) < 4.78 is 28.6. The molecule has 0 unspecified atom stereocenters. The number of carbonyl (C=O) groups excluding carboxylic acids is 1. The largest absolute Gasteiger partial charge is 0.493 e. The average molecular weight is 611 g/mol. The molecule has 3 aromatic rings. The highest BCUT2D eigenvalue weighted by atomic mass is 16.5. The van der Waals surface area contributed by atoms with Gasteiger partial charge in [0.2, 0.25) is 0 Å². The van der Waals surface area contributed by atoms with Gasteiger partial charge in [0.15, 0.2) is 23.0 Å². The summed E-state index contributed by atoms with van der Waals surface area (Å²) in [4.78, 5) is 21.9. The van der Waals surface area contributed by atoms with Gasteiger partial charge in [0.1, 0.15) is 12.6 Å². The van der Waals surface area contributed by atoms with Gasteiger partial charge in [-0.05, 0) is 97.1 Å². The second-order valence-electron chi connectivity index (χ2n) is 11.7. The lowest BCUT2D eigenvalue weighted by Gasteiger charge is -2.59. The van der Waals surface area contributed by atoms with E-state index in [-0.39, 0.29) is 24.7 Å². The third-order valence-electron chi connectivity index (χ3n) is 9.42. The predicted octanol–water partition coefficient (Wildman–Crippen LogP) is 4.45. The maximum absolute atomic E-state index is 13.0. The number of likely N-dealkylation sites (N-methyl/N-ethyl adjacent to an activating group) is 1. The Hall–Kier alpha value is -4.59. The van der Waals surface area contributed by atoms with E-state index in [0.29, 0.717) is 41.5 Å². The number of hydrogen-bond acceptors (Lipinski definition) is 10. The molecule has 10 heteroatoms. The number of pyridine rings is 1. The number of nitrogens with zero attached hydrogens (tertiary/aromatic N) is 4. The van der Waals surface area contributed by atoms with E-state index < -0.39 is 18.1 Å². The van der Waals surface area contributed by atoms with Crippen LogP contribution >= 0.6 is 0 Å². The molecule has 1 saturated heterocycles. The van der Waals surface area contributed by atoms with Crippen molar-refractivity contribution in [1.82, 2.24) is 14.8 Å². The number of methoxy groups -OCH3 is 4. The number of benzene rings is 2. The molecule has 45 heavy (non-hydrogen) atoms. The van der Waals surface area contributed by atoms with Gasteiger partial charge in [-0.15, -0.1) is 0 Å². The number of fused-ring (bicyclic) bond motifs is 7. The highest BCUT2D eigenvalue weighted by Crippen LogP contribution is 2.52. The van der Waals surface area contributed by atoms with Gasteiger partial charge >= 0.3 is 5.97 Å². The van der Waals surface area contributed by atoms with E-state index in [1.165, 1.54) is 6.08 Å². The molecule has 0 N–H and O–H groups in total. The molecule has 3 aliphatic rings. The fraction of sp³-hybridized carbons (Fsp3) is 0.400. The fourth-order valence-electron chi connectivity index (χ4n) is 7.36. The Labute approximate surface area is 263 Å². The second-order valence-corrected chi connectivity index (χ2v) is 11.7. The summed E-state index contributed by atoms with van der Waals surface area (Å²) in [5.74, 6) is 2.08. The molecule has 0 saturated carbocycles. The van der Waals surface area contributed by atoms with Crippen LogP contribution in [0.5, 0.6) is 23.0 Å². The van der Waals surface area contributed by atoms with Crippen LogP contribution in [-0.4, -0.2) is 81.0 Å². The van der Waals surface area contributed by atoms with Crippen LogP contribution < -0.4 is 18.9 Å². The third kappa shape index (κ3) is 5.36. The SMILES string of the molecule is COc1cc2c(cc1OC)[C@@H]1[C@@H]3Cc4cc(OC)c(OC)cc4[C@H](COC(=O)/C=C/c4cc(C)ccn4)N3[C@@H](C#N)[C@H](C2)N1C. The van der Waals surface area contributed by atoms with E-state index in [9.17, 15) is 10.1 Å². The molecular weight excluding hydrogens is 572 g/mol. The number of esters is 1. The number of nitriles is 1. The zero-order valence-corrected chi connectivity index (χ0v) is 26.4. The maximum Gasteiger partial charge on any atom is 0.330 e. The van der Waals surface area contributed by atoms with Crippen LogP contribution in [0.3, 0.4) is 0 Å². The van der Waals surface area contributed by atoms with Crippen LogP contribution in [-0.2, 0) is 22.4 Å². The zero-order valence-electron chi connectivity index (χ0n) is 26.4. The van der Waals surface area contributed by atoms with Gasteiger partial charge in [0.05, 0.1) is 52.3 Å². The zero-order chi connectivity index (χ0) is 31.8. The molecule has 0 radical (unpaired) electrons. The first-order chi connectivity index (χ1) is 21.8. The van der Waals surface area contributed by atoms with Gasteiger partial charge in [-0.1, -0.05) is 0 Å². The summed E-state index contributed by atoms with van der Waals surface area (Å²) >= 11 is 0. The number of carbonyl (C=O) groups is 1. The molecule has 10 nitrogen and oxygen atoms in total. The Kier molecular flexibility index (Phi) is 8.40. The van der Waals surface area contributed by atoms with Gasteiger partial charge in [-0.3, -0.25) is 14.8 Å². The highest BCUT2D eigenvalue weighted by Gasteiger charge is 2.54. The van der Waals surface area contributed by atoms with Crippen molar-refractivity contribution in [2.75, 3.05) is 42.1 Å². The molecule has 6 rings (SSSR count). The Morgan fingerprint density at radius 1 is 0.933 bits per heavy atom. The van der Waals surface area contributed by atoms with E-state index >= 15 is 0 Å². The highest BCUT2D eigenvalue weighted by molar-refractivity contribution is 5.86. The van der Waals surface area contributed by atoms with Gasteiger partial charge in [0, 0.05) is 24.4 Å². The maximum atomic E-state index is 13.0. The Morgan fingerprint density at radius 3 is 2.16 bits per heavy atom. The van der Waals surface area contributed by atoms with Crippen molar-refractivity contribution < 1.29 is 28.5 Å². The summed E-state index contributed by atoms with van der Waals surface area (Å²) in [5.41, 5.74) is 6.03.